The van der Waals surface area contributed by atoms with Gasteiger partial charge in [-0.25, -0.2) is 4.39 Å². The molecule has 1 aromatic heterocycles. The highest BCUT2D eigenvalue weighted by molar-refractivity contribution is 5.85. The van der Waals surface area contributed by atoms with Crippen LogP contribution in [0, 0.1) is 5.82 Å². The number of piperidine rings is 2. The molecule has 4 rings (SSSR count). The van der Waals surface area contributed by atoms with Gasteiger partial charge in [-0.1, -0.05) is 6.42 Å². The Morgan fingerprint density at radius 3 is 2.30 bits per heavy atom. The number of hydrogen-bond acceptors (Lipinski definition) is 2. The summed E-state index contributed by atoms with van der Waals surface area (Å²) in [5, 5.41) is 1.20. The van der Waals surface area contributed by atoms with Crippen LogP contribution >= 0.6 is 24.8 Å². The van der Waals surface area contributed by atoms with E-state index in [0.717, 1.165) is 5.52 Å². The zero-order chi connectivity index (χ0) is 17.1. The van der Waals surface area contributed by atoms with Gasteiger partial charge in [-0.05, 0) is 101 Å². The van der Waals surface area contributed by atoms with Crippen molar-refractivity contribution in [3.8, 4) is 0 Å². The third-order valence-corrected chi connectivity index (χ3v) is 6.10. The maximum absolute atomic E-state index is 13.4. The van der Waals surface area contributed by atoms with Crippen LogP contribution in [0.5, 0.6) is 0 Å². The lowest BCUT2D eigenvalue weighted by atomic mass is 9.89. The first-order chi connectivity index (χ1) is 12.3. The van der Waals surface area contributed by atoms with Crippen LogP contribution in [0.2, 0.25) is 0 Å². The van der Waals surface area contributed by atoms with Crippen molar-refractivity contribution in [3.05, 3.63) is 35.8 Å². The molecule has 3 nitrogen and oxygen atoms in total. The zero-order valence-electron chi connectivity index (χ0n) is 16.0. The maximum atomic E-state index is 13.4. The Labute approximate surface area is 174 Å². The minimum Gasteiger partial charge on any atom is -0.361 e. The summed E-state index contributed by atoms with van der Waals surface area (Å²) in [6, 6.07) is 5.12. The Morgan fingerprint density at radius 2 is 1.59 bits per heavy atom. The molecule has 152 valence electrons. The van der Waals surface area contributed by atoms with Gasteiger partial charge in [0.25, 0.3) is 0 Å². The number of likely N-dealkylation sites (tertiary alicyclic amines) is 2. The van der Waals surface area contributed by atoms with Gasteiger partial charge in [0.1, 0.15) is 5.82 Å². The van der Waals surface area contributed by atoms with Gasteiger partial charge in [-0.3, -0.25) is 0 Å². The molecule has 2 saturated heterocycles. The summed E-state index contributed by atoms with van der Waals surface area (Å²) in [4.78, 5) is 8.52. The van der Waals surface area contributed by atoms with Crippen LogP contribution in [0.1, 0.15) is 50.0 Å². The second-order valence-electron chi connectivity index (χ2n) is 7.81. The number of aromatic amines is 1. The van der Waals surface area contributed by atoms with Crippen molar-refractivity contribution in [2.24, 2.45) is 0 Å². The Morgan fingerprint density at radius 1 is 0.926 bits per heavy atom. The number of aromatic nitrogens is 1. The van der Waals surface area contributed by atoms with E-state index in [1.807, 2.05) is 6.07 Å². The number of fused-ring (bicyclic) bond motifs is 1. The van der Waals surface area contributed by atoms with Crippen LogP contribution in [0.15, 0.2) is 24.4 Å². The van der Waals surface area contributed by atoms with Gasteiger partial charge in [-0.15, -0.1) is 24.8 Å². The molecule has 6 heteroatoms. The Kier molecular flexibility index (Phi) is 8.87. The Balaban J connectivity index is 0.00000131. The molecule has 2 aliphatic rings. The van der Waals surface area contributed by atoms with Crippen molar-refractivity contribution in [2.75, 3.05) is 39.3 Å². The normalized spacial score (nSPS) is 19.6. The number of benzene rings is 1. The van der Waals surface area contributed by atoms with Crippen LogP contribution in [-0.2, 0) is 0 Å². The SMILES string of the molecule is Cl.Cl.Fc1ccc2c(C3CCN(CCCN4CCCCC4)CC3)c[nH]c2c1. The molecule has 0 radical (unpaired) electrons. The van der Waals surface area contributed by atoms with Gasteiger partial charge < -0.3 is 14.8 Å². The smallest absolute Gasteiger partial charge is 0.125 e. The van der Waals surface area contributed by atoms with Crippen LogP contribution in [0.4, 0.5) is 4.39 Å². The fourth-order valence-electron chi connectivity index (χ4n) is 4.63. The van der Waals surface area contributed by atoms with Crippen LogP contribution in [0.3, 0.4) is 0 Å². The van der Waals surface area contributed by atoms with Crippen LogP contribution < -0.4 is 0 Å². The van der Waals surface area contributed by atoms with E-state index in [1.165, 1.54) is 88.7 Å². The first kappa shape index (κ1) is 22.5. The minimum absolute atomic E-state index is 0. The van der Waals surface area contributed by atoms with Crippen LogP contribution in [0.25, 0.3) is 10.9 Å². The predicted octanol–water partition coefficient (Wildman–Crippen LogP) is 5.21. The standard InChI is InChI=1S/C21H30FN3.2ClH/c22-18-5-6-19-20(16-23-21(19)15-18)17-7-13-25(14-8-17)12-4-11-24-9-2-1-3-10-24;;/h5-6,15-17,23H,1-4,7-14H2;2*1H. The number of rotatable bonds is 5. The average molecular weight is 416 g/mol. The van der Waals surface area contributed by atoms with Gasteiger partial charge in [0.15, 0.2) is 0 Å². The van der Waals surface area contributed by atoms with E-state index >= 15 is 0 Å². The van der Waals surface area contributed by atoms with E-state index in [2.05, 4.69) is 21.0 Å². The first-order valence-electron chi connectivity index (χ1n) is 10.0. The molecule has 0 aliphatic carbocycles. The summed E-state index contributed by atoms with van der Waals surface area (Å²) < 4.78 is 13.4. The van der Waals surface area contributed by atoms with Gasteiger partial charge in [0, 0.05) is 17.1 Å². The Hall–Kier alpha value is -0.810. The second-order valence-corrected chi connectivity index (χ2v) is 7.81. The summed E-state index contributed by atoms with van der Waals surface area (Å²) in [5.41, 5.74) is 2.31. The number of halogens is 3. The van der Waals surface area contributed by atoms with Crippen molar-refractivity contribution in [2.45, 2.75) is 44.4 Å². The summed E-state index contributed by atoms with van der Waals surface area (Å²) in [6.45, 7) is 7.51. The largest absolute Gasteiger partial charge is 0.361 e. The highest BCUT2D eigenvalue weighted by Gasteiger charge is 2.22. The molecule has 0 saturated carbocycles. The lowest BCUT2D eigenvalue weighted by molar-refractivity contribution is 0.181. The second kappa shape index (κ2) is 10.7. The van der Waals surface area contributed by atoms with Crippen molar-refractivity contribution in [1.82, 2.24) is 14.8 Å². The third kappa shape index (κ3) is 5.60. The summed E-state index contributed by atoms with van der Waals surface area (Å²) >= 11 is 0. The summed E-state index contributed by atoms with van der Waals surface area (Å²) in [7, 11) is 0. The molecule has 0 amide bonds. The van der Waals surface area contributed by atoms with E-state index < -0.39 is 0 Å². The molecule has 0 spiro atoms. The Bertz CT molecular complexity index is 692. The molecule has 0 atom stereocenters. The maximum Gasteiger partial charge on any atom is 0.125 e. The predicted molar refractivity (Wildman–Crippen MR) is 116 cm³/mol. The quantitative estimate of drug-likeness (QED) is 0.723. The molecule has 1 aromatic carbocycles. The van der Waals surface area contributed by atoms with E-state index in [9.17, 15) is 4.39 Å². The molecule has 27 heavy (non-hydrogen) atoms. The van der Waals surface area contributed by atoms with Crippen molar-refractivity contribution < 1.29 is 4.39 Å². The van der Waals surface area contributed by atoms with E-state index in [1.54, 1.807) is 12.1 Å². The van der Waals surface area contributed by atoms with Gasteiger partial charge >= 0.3 is 0 Å². The fourth-order valence-corrected chi connectivity index (χ4v) is 4.63. The molecular formula is C21H32Cl2FN3. The highest BCUT2D eigenvalue weighted by atomic mass is 35.5. The molecule has 0 unspecified atom stereocenters. The van der Waals surface area contributed by atoms with Gasteiger partial charge in [0.05, 0.1) is 0 Å². The highest BCUT2D eigenvalue weighted by Crippen LogP contribution is 2.33. The number of H-pyrrole nitrogens is 1. The summed E-state index contributed by atoms with van der Waals surface area (Å²) in [5.74, 6) is 0.446. The third-order valence-electron chi connectivity index (χ3n) is 6.10. The molecule has 2 aliphatic heterocycles. The molecule has 2 aromatic rings. The van der Waals surface area contributed by atoms with E-state index in [0.29, 0.717) is 5.92 Å². The van der Waals surface area contributed by atoms with Crippen LogP contribution in [-0.4, -0.2) is 54.1 Å². The molecular weight excluding hydrogens is 384 g/mol. The van der Waals surface area contributed by atoms with Crippen molar-refractivity contribution in [3.63, 3.8) is 0 Å². The van der Waals surface area contributed by atoms with Crippen molar-refractivity contribution >= 4 is 35.7 Å². The van der Waals surface area contributed by atoms with Gasteiger partial charge in [-0.2, -0.15) is 0 Å². The molecule has 0 bridgehead atoms. The monoisotopic (exact) mass is 415 g/mol. The van der Waals surface area contributed by atoms with E-state index in [-0.39, 0.29) is 30.6 Å². The topological polar surface area (TPSA) is 22.3 Å². The number of nitrogens with one attached hydrogen (secondary N) is 1. The minimum atomic E-state index is -0.163. The van der Waals surface area contributed by atoms with Gasteiger partial charge in [0.2, 0.25) is 0 Å². The van der Waals surface area contributed by atoms with Crippen molar-refractivity contribution in [1.29, 1.82) is 0 Å². The zero-order valence-corrected chi connectivity index (χ0v) is 17.6. The number of hydrogen-bond donors (Lipinski definition) is 1. The lowest BCUT2D eigenvalue weighted by Crippen LogP contribution is -2.36. The van der Waals surface area contributed by atoms with E-state index in [4.69, 9.17) is 0 Å². The molecule has 2 fully saturated rings. The fraction of sp³-hybridized carbons (Fsp3) is 0.619. The summed E-state index contributed by atoms with van der Waals surface area (Å²) in [6.07, 6.45) is 10.0. The number of nitrogens with zero attached hydrogens (tertiary/aromatic N) is 2. The average Bonchev–Trinajstić information content (AvgIpc) is 3.06. The first-order valence-corrected chi connectivity index (χ1v) is 10.0. The molecule has 3 heterocycles. The molecule has 1 N–H and O–H groups in total. The lowest BCUT2D eigenvalue weighted by Gasteiger charge is -2.33.